The molecule has 0 saturated carbocycles. The lowest BCUT2D eigenvalue weighted by Crippen LogP contribution is -2.28. The Morgan fingerprint density at radius 1 is 1.50 bits per heavy atom. The molecular weight excluding hydrogens is 197 g/mol. The van der Waals surface area contributed by atoms with Crippen LogP contribution >= 0.6 is 23.2 Å². The first-order valence-corrected chi connectivity index (χ1v) is 4.84. The van der Waals surface area contributed by atoms with Gasteiger partial charge in [-0.1, -0.05) is 30.1 Å². The van der Waals surface area contributed by atoms with Crippen LogP contribution in [0.3, 0.4) is 0 Å². The fraction of sp³-hybridized carbons (Fsp3) is 0.750. The van der Waals surface area contributed by atoms with Crippen molar-refractivity contribution in [2.75, 3.05) is 26.2 Å². The highest BCUT2D eigenvalue weighted by atomic mass is 35.5. The molecule has 72 valence electrons. The summed E-state index contributed by atoms with van der Waals surface area (Å²) in [5.74, 6) is 0. The highest BCUT2D eigenvalue weighted by Crippen LogP contribution is 2.06. The molecule has 0 saturated heterocycles. The van der Waals surface area contributed by atoms with Gasteiger partial charge in [0.2, 0.25) is 0 Å². The molecule has 0 aliphatic carbocycles. The van der Waals surface area contributed by atoms with Crippen LogP contribution in [0.4, 0.5) is 0 Å². The molecule has 0 spiro atoms. The fourth-order valence-electron chi connectivity index (χ4n) is 0.976. The molecule has 0 aliphatic heterocycles. The Labute approximate surface area is 83.8 Å². The van der Waals surface area contributed by atoms with Crippen LogP contribution in [0.2, 0.25) is 0 Å². The number of aliphatic hydroxyl groups excluding tert-OH is 1. The highest BCUT2D eigenvalue weighted by molar-refractivity contribution is 6.36. The molecule has 0 heterocycles. The minimum absolute atomic E-state index is 0.159. The Kier molecular flexibility index (Phi) is 8.02. The minimum atomic E-state index is 0.159. The van der Waals surface area contributed by atoms with E-state index >= 15 is 0 Å². The first kappa shape index (κ1) is 12.2. The molecule has 0 bridgehead atoms. The van der Waals surface area contributed by atoms with Crippen LogP contribution in [0.1, 0.15) is 13.3 Å². The number of nitrogens with zero attached hydrogens (tertiary/aromatic N) is 1. The van der Waals surface area contributed by atoms with Crippen molar-refractivity contribution in [3.8, 4) is 0 Å². The summed E-state index contributed by atoms with van der Waals surface area (Å²) < 4.78 is 0. The van der Waals surface area contributed by atoms with E-state index in [1.54, 1.807) is 0 Å². The first-order valence-electron chi connectivity index (χ1n) is 4.02. The third-order valence-electron chi connectivity index (χ3n) is 1.45. The zero-order chi connectivity index (χ0) is 9.40. The molecule has 0 aromatic carbocycles. The molecule has 0 radical (unpaired) electrons. The molecule has 0 aromatic rings. The van der Waals surface area contributed by atoms with Gasteiger partial charge in [-0.25, -0.2) is 0 Å². The largest absolute Gasteiger partial charge is 0.395 e. The van der Waals surface area contributed by atoms with Crippen LogP contribution in [0.15, 0.2) is 10.6 Å². The van der Waals surface area contributed by atoms with E-state index in [4.69, 9.17) is 28.3 Å². The number of halogens is 2. The van der Waals surface area contributed by atoms with E-state index in [1.807, 2.05) is 0 Å². The van der Waals surface area contributed by atoms with E-state index in [0.717, 1.165) is 13.0 Å². The van der Waals surface area contributed by atoms with Crippen LogP contribution < -0.4 is 0 Å². The van der Waals surface area contributed by atoms with Gasteiger partial charge < -0.3 is 5.11 Å². The van der Waals surface area contributed by atoms with Crippen molar-refractivity contribution in [1.82, 2.24) is 4.90 Å². The maximum Gasteiger partial charge on any atom is 0.0558 e. The van der Waals surface area contributed by atoms with Gasteiger partial charge in [-0.05, 0) is 13.0 Å². The summed E-state index contributed by atoms with van der Waals surface area (Å²) in [7, 11) is 0. The quantitative estimate of drug-likeness (QED) is 0.727. The molecule has 0 amide bonds. The second-order valence-corrected chi connectivity index (χ2v) is 3.26. The van der Waals surface area contributed by atoms with Crippen LogP contribution in [-0.4, -0.2) is 36.2 Å². The fourth-order valence-corrected chi connectivity index (χ4v) is 1.21. The molecule has 12 heavy (non-hydrogen) atoms. The van der Waals surface area contributed by atoms with Crippen molar-refractivity contribution in [2.24, 2.45) is 0 Å². The zero-order valence-electron chi connectivity index (χ0n) is 7.26. The molecule has 0 fully saturated rings. The Morgan fingerprint density at radius 2 is 2.17 bits per heavy atom. The van der Waals surface area contributed by atoms with Gasteiger partial charge in [-0.3, -0.25) is 4.90 Å². The van der Waals surface area contributed by atoms with Crippen molar-refractivity contribution in [2.45, 2.75) is 13.3 Å². The lowest BCUT2D eigenvalue weighted by atomic mass is 10.4. The second kappa shape index (κ2) is 7.87. The number of hydrogen-bond donors (Lipinski definition) is 1. The van der Waals surface area contributed by atoms with Crippen LogP contribution in [0.25, 0.3) is 0 Å². The Balaban J connectivity index is 3.77. The maximum atomic E-state index is 8.71. The third-order valence-corrected chi connectivity index (χ3v) is 2.05. The second-order valence-electron chi connectivity index (χ2n) is 2.56. The van der Waals surface area contributed by atoms with Gasteiger partial charge in [-0.2, -0.15) is 0 Å². The molecule has 4 heteroatoms. The van der Waals surface area contributed by atoms with Crippen LogP contribution in [-0.2, 0) is 0 Å². The smallest absolute Gasteiger partial charge is 0.0558 e. The van der Waals surface area contributed by atoms with Gasteiger partial charge in [0.15, 0.2) is 0 Å². The average molecular weight is 212 g/mol. The molecule has 0 aliphatic rings. The summed E-state index contributed by atoms with van der Waals surface area (Å²) in [6.07, 6.45) is 1.05. The third kappa shape index (κ3) is 5.84. The lowest BCUT2D eigenvalue weighted by Gasteiger charge is -2.19. The number of hydrogen-bond acceptors (Lipinski definition) is 2. The van der Waals surface area contributed by atoms with E-state index in [2.05, 4.69) is 11.8 Å². The summed E-state index contributed by atoms with van der Waals surface area (Å²) in [5.41, 5.74) is 1.36. The molecular formula is C8H15Cl2NO. The van der Waals surface area contributed by atoms with E-state index in [9.17, 15) is 0 Å². The predicted octanol–water partition coefficient (Wildman–Crippen LogP) is 2.01. The van der Waals surface area contributed by atoms with E-state index < -0.39 is 0 Å². The Morgan fingerprint density at radius 3 is 2.58 bits per heavy atom. The van der Waals surface area contributed by atoms with Crippen molar-refractivity contribution in [3.05, 3.63) is 10.6 Å². The van der Waals surface area contributed by atoms with Gasteiger partial charge in [0.05, 0.1) is 6.61 Å². The minimum Gasteiger partial charge on any atom is -0.395 e. The van der Waals surface area contributed by atoms with Crippen molar-refractivity contribution < 1.29 is 5.11 Å². The normalized spacial score (nSPS) is 12.6. The lowest BCUT2D eigenvalue weighted by molar-refractivity contribution is 0.207. The standard InChI is InChI=1S/C8H15Cl2NO/c1-2-3-11(4-5-12)7-8(10)6-9/h6,12H,2-5,7H2,1H3. The summed E-state index contributed by atoms with van der Waals surface area (Å²) in [4.78, 5) is 2.06. The summed E-state index contributed by atoms with van der Waals surface area (Å²) >= 11 is 11.2. The van der Waals surface area contributed by atoms with Crippen molar-refractivity contribution >= 4 is 23.2 Å². The monoisotopic (exact) mass is 211 g/mol. The van der Waals surface area contributed by atoms with Gasteiger partial charge in [-0.15, -0.1) is 0 Å². The molecule has 0 unspecified atom stereocenters. The number of rotatable bonds is 6. The van der Waals surface area contributed by atoms with Gasteiger partial charge in [0.25, 0.3) is 0 Å². The average Bonchev–Trinajstić information content (AvgIpc) is 2.05. The van der Waals surface area contributed by atoms with Crippen LogP contribution in [0, 0.1) is 0 Å². The van der Waals surface area contributed by atoms with E-state index in [0.29, 0.717) is 18.1 Å². The van der Waals surface area contributed by atoms with Crippen LogP contribution in [0.5, 0.6) is 0 Å². The van der Waals surface area contributed by atoms with Gasteiger partial charge >= 0.3 is 0 Å². The Bertz CT molecular complexity index is 133. The van der Waals surface area contributed by atoms with E-state index in [-0.39, 0.29) is 6.61 Å². The first-order chi connectivity index (χ1) is 5.74. The summed E-state index contributed by atoms with van der Waals surface area (Å²) in [6.45, 7) is 4.45. The molecule has 0 rings (SSSR count). The Hall–Kier alpha value is 0.240. The summed E-state index contributed by atoms with van der Waals surface area (Å²) in [5, 5.41) is 9.32. The predicted molar refractivity (Wildman–Crippen MR) is 53.6 cm³/mol. The van der Waals surface area contributed by atoms with Crippen molar-refractivity contribution in [3.63, 3.8) is 0 Å². The molecule has 2 nitrogen and oxygen atoms in total. The maximum absolute atomic E-state index is 8.71. The zero-order valence-corrected chi connectivity index (χ0v) is 8.78. The topological polar surface area (TPSA) is 23.5 Å². The number of aliphatic hydroxyl groups is 1. The van der Waals surface area contributed by atoms with Gasteiger partial charge in [0.1, 0.15) is 0 Å². The van der Waals surface area contributed by atoms with Crippen molar-refractivity contribution in [1.29, 1.82) is 0 Å². The SMILES string of the molecule is CCCN(CCO)CC(Cl)=CCl. The van der Waals surface area contributed by atoms with Gasteiger partial charge in [0, 0.05) is 23.7 Å². The van der Waals surface area contributed by atoms with E-state index in [1.165, 1.54) is 5.54 Å². The molecule has 0 atom stereocenters. The highest BCUT2D eigenvalue weighted by Gasteiger charge is 2.03. The molecule has 0 aromatic heterocycles. The molecule has 1 N–H and O–H groups in total. The summed E-state index contributed by atoms with van der Waals surface area (Å²) in [6, 6.07) is 0.